The minimum absolute atomic E-state index is 0.370. The number of fused-ring (bicyclic) bond motifs is 1. The molecule has 1 aliphatic rings. The molecule has 0 radical (unpaired) electrons. The Morgan fingerprint density at radius 1 is 1.53 bits per heavy atom. The van der Waals surface area contributed by atoms with E-state index in [1.165, 1.54) is 6.07 Å². The number of imidazole rings is 1. The number of nitrogens with zero attached hydrogens (tertiary/aromatic N) is 2. The number of aryl methyl sites for hydroxylation is 1. The maximum absolute atomic E-state index is 13.7. The molecule has 0 unspecified atom stereocenters. The van der Waals surface area contributed by atoms with Crippen molar-refractivity contribution in [1.82, 2.24) is 9.55 Å². The van der Waals surface area contributed by atoms with Crippen molar-refractivity contribution < 1.29 is 14.3 Å². The normalized spacial score (nSPS) is 17.3. The Hall–Kier alpha value is -1.91. The highest BCUT2D eigenvalue weighted by Gasteiger charge is 2.55. The summed E-state index contributed by atoms with van der Waals surface area (Å²) in [4.78, 5) is 15.5. The number of aliphatic carboxylic acids is 1. The molecule has 0 bridgehead atoms. The van der Waals surface area contributed by atoms with Gasteiger partial charge in [-0.15, -0.1) is 0 Å². The number of benzene rings is 1. The Morgan fingerprint density at radius 2 is 2.24 bits per heavy atom. The summed E-state index contributed by atoms with van der Waals surface area (Å²) in [5.41, 5.74) is -0.0229. The molecular formula is C12H11FN2O2. The maximum atomic E-state index is 13.7. The second-order valence-corrected chi connectivity index (χ2v) is 4.49. The topological polar surface area (TPSA) is 55.1 Å². The van der Waals surface area contributed by atoms with Gasteiger partial charge in [-0.3, -0.25) is 4.79 Å². The first kappa shape index (κ1) is 10.3. The molecule has 1 aromatic heterocycles. The summed E-state index contributed by atoms with van der Waals surface area (Å²) in [5.74, 6) is -0.800. The molecule has 88 valence electrons. The zero-order valence-electron chi connectivity index (χ0n) is 9.27. The lowest BCUT2D eigenvalue weighted by Crippen LogP contribution is -2.23. The van der Waals surface area contributed by atoms with Gasteiger partial charge in [0.1, 0.15) is 22.6 Å². The highest BCUT2D eigenvalue weighted by Crippen LogP contribution is 2.48. The average molecular weight is 234 g/mol. The molecule has 4 nitrogen and oxygen atoms in total. The highest BCUT2D eigenvalue weighted by molar-refractivity contribution is 5.86. The van der Waals surface area contributed by atoms with Gasteiger partial charge in [-0.2, -0.15) is 0 Å². The van der Waals surface area contributed by atoms with Crippen LogP contribution in [0.2, 0.25) is 0 Å². The third-order valence-corrected chi connectivity index (χ3v) is 3.43. The number of aromatic nitrogens is 2. The summed E-state index contributed by atoms with van der Waals surface area (Å²) < 4.78 is 15.2. The van der Waals surface area contributed by atoms with Crippen molar-refractivity contribution in [3.05, 3.63) is 29.8 Å². The minimum atomic E-state index is -0.903. The first-order valence-corrected chi connectivity index (χ1v) is 5.41. The Kier molecular flexibility index (Phi) is 1.85. The van der Waals surface area contributed by atoms with Gasteiger partial charge < -0.3 is 9.67 Å². The molecule has 5 heteroatoms. The Labute approximate surface area is 96.7 Å². The van der Waals surface area contributed by atoms with Crippen LogP contribution in [-0.4, -0.2) is 20.6 Å². The molecule has 1 saturated carbocycles. The number of para-hydroxylation sites is 1. The molecule has 0 spiro atoms. The smallest absolute Gasteiger partial charge is 0.317 e. The van der Waals surface area contributed by atoms with Gasteiger partial charge in [0.15, 0.2) is 0 Å². The molecule has 17 heavy (non-hydrogen) atoms. The molecule has 2 aromatic rings. The number of carboxylic acids is 1. The van der Waals surface area contributed by atoms with Gasteiger partial charge in [-0.05, 0) is 25.0 Å². The number of carbonyl (C=O) groups is 1. The Morgan fingerprint density at radius 3 is 2.76 bits per heavy atom. The molecule has 1 aliphatic carbocycles. The van der Waals surface area contributed by atoms with E-state index in [9.17, 15) is 14.3 Å². The zero-order valence-corrected chi connectivity index (χ0v) is 9.27. The summed E-state index contributed by atoms with van der Waals surface area (Å²) >= 11 is 0. The second kappa shape index (κ2) is 3.06. The molecule has 1 fully saturated rings. The van der Waals surface area contributed by atoms with Crippen molar-refractivity contribution in [3.63, 3.8) is 0 Å². The lowest BCUT2D eigenvalue weighted by atomic mass is 10.1. The lowest BCUT2D eigenvalue weighted by Gasteiger charge is -2.09. The predicted molar refractivity (Wildman–Crippen MR) is 59.2 cm³/mol. The van der Waals surface area contributed by atoms with Crippen molar-refractivity contribution in [2.75, 3.05) is 0 Å². The van der Waals surface area contributed by atoms with Crippen molar-refractivity contribution in [1.29, 1.82) is 0 Å². The molecule has 3 rings (SSSR count). The molecule has 0 aliphatic heterocycles. The summed E-state index contributed by atoms with van der Waals surface area (Å²) in [5, 5.41) is 9.23. The Balaban J connectivity index is 2.29. The lowest BCUT2D eigenvalue weighted by molar-refractivity contribution is -0.140. The van der Waals surface area contributed by atoms with Crippen LogP contribution in [-0.2, 0) is 17.3 Å². The molecule has 0 atom stereocenters. The van der Waals surface area contributed by atoms with Crippen LogP contribution >= 0.6 is 0 Å². The van der Waals surface area contributed by atoms with Crippen LogP contribution in [0.3, 0.4) is 0 Å². The SMILES string of the molecule is Cn1c(C2(C(=O)O)CC2)nc2cccc(F)c21. The minimum Gasteiger partial charge on any atom is -0.480 e. The largest absolute Gasteiger partial charge is 0.480 e. The van der Waals surface area contributed by atoms with Crippen molar-refractivity contribution >= 4 is 17.0 Å². The van der Waals surface area contributed by atoms with Crippen molar-refractivity contribution in [3.8, 4) is 0 Å². The molecule has 1 aromatic carbocycles. The summed E-state index contributed by atoms with van der Waals surface area (Å²) in [7, 11) is 1.66. The van der Waals surface area contributed by atoms with Crippen LogP contribution in [0.1, 0.15) is 18.7 Å². The van der Waals surface area contributed by atoms with E-state index in [4.69, 9.17) is 0 Å². The van der Waals surface area contributed by atoms with Crippen LogP contribution < -0.4 is 0 Å². The van der Waals surface area contributed by atoms with Gasteiger partial charge in [0, 0.05) is 7.05 Å². The average Bonchev–Trinajstić information content (AvgIpc) is 3.00. The van der Waals surface area contributed by atoms with Gasteiger partial charge in [0.05, 0.1) is 5.52 Å². The van der Waals surface area contributed by atoms with Gasteiger partial charge in [0.2, 0.25) is 0 Å². The van der Waals surface area contributed by atoms with E-state index in [0.29, 0.717) is 29.7 Å². The van der Waals surface area contributed by atoms with Crippen LogP contribution in [0.5, 0.6) is 0 Å². The molecule has 1 N–H and O–H groups in total. The number of hydrogen-bond donors (Lipinski definition) is 1. The highest BCUT2D eigenvalue weighted by atomic mass is 19.1. The first-order chi connectivity index (χ1) is 8.06. The van der Waals surface area contributed by atoms with Crippen LogP contribution in [0.25, 0.3) is 11.0 Å². The van der Waals surface area contributed by atoms with E-state index in [-0.39, 0.29) is 5.82 Å². The molecular weight excluding hydrogens is 223 g/mol. The standard InChI is InChI=1S/C12H11FN2O2/c1-15-9-7(13)3-2-4-8(9)14-10(15)12(5-6-12)11(16)17/h2-4H,5-6H2,1H3,(H,16,17). The van der Waals surface area contributed by atoms with Crippen LogP contribution in [0.4, 0.5) is 4.39 Å². The summed E-state index contributed by atoms with van der Waals surface area (Å²) in [6.45, 7) is 0. The van der Waals surface area contributed by atoms with E-state index in [1.54, 1.807) is 23.7 Å². The fraction of sp³-hybridized carbons (Fsp3) is 0.333. The monoisotopic (exact) mass is 234 g/mol. The van der Waals surface area contributed by atoms with Crippen molar-refractivity contribution in [2.45, 2.75) is 18.3 Å². The van der Waals surface area contributed by atoms with Gasteiger partial charge in [-0.1, -0.05) is 6.07 Å². The quantitative estimate of drug-likeness (QED) is 0.862. The van der Waals surface area contributed by atoms with Crippen LogP contribution in [0, 0.1) is 5.82 Å². The van der Waals surface area contributed by atoms with Crippen molar-refractivity contribution in [2.24, 2.45) is 7.05 Å². The van der Waals surface area contributed by atoms with Gasteiger partial charge in [-0.25, -0.2) is 9.37 Å². The Bertz CT molecular complexity index is 629. The molecule has 1 heterocycles. The molecule has 0 saturated heterocycles. The fourth-order valence-electron chi connectivity index (χ4n) is 2.31. The first-order valence-electron chi connectivity index (χ1n) is 5.41. The van der Waals surface area contributed by atoms with E-state index < -0.39 is 11.4 Å². The van der Waals surface area contributed by atoms with E-state index in [2.05, 4.69) is 4.98 Å². The number of hydrogen-bond acceptors (Lipinski definition) is 2. The number of halogens is 1. The third kappa shape index (κ3) is 1.22. The summed E-state index contributed by atoms with van der Waals surface area (Å²) in [6, 6.07) is 4.63. The van der Waals surface area contributed by atoms with Gasteiger partial charge in [0.25, 0.3) is 0 Å². The summed E-state index contributed by atoms with van der Waals surface area (Å²) in [6.07, 6.45) is 1.14. The van der Waals surface area contributed by atoms with Gasteiger partial charge >= 0.3 is 5.97 Å². The predicted octanol–water partition coefficient (Wildman–Crippen LogP) is 1.83. The second-order valence-electron chi connectivity index (χ2n) is 4.49. The van der Waals surface area contributed by atoms with Crippen LogP contribution in [0.15, 0.2) is 18.2 Å². The molecule has 0 amide bonds. The fourth-order valence-corrected chi connectivity index (χ4v) is 2.31. The van der Waals surface area contributed by atoms with E-state index >= 15 is 0 Å². The van der Waals surface area contributed by atoms with E-state index in [1.807, 2.05) is 0 Å². The number of rotatable bonds is 2. The number of carboxylic acid groups (broad SMARTS) is 1. The van der Waals surface area contributed by atoms with E-state index in [0.717, 1.165) is 0 Å². The third-order valence-electron chi connectivity index (χ3n) is 3.43. The zero-order chi connectivity index (χ0) is 12.2. The maximum Gasteiger partial charge on any atom is 0.317 e.